The van der Waals surface area contributed by atoms with Crippen molar-refractivity contribution in [2.24, 2.45) is 5.41 Å². The van der Waals surface area contributed by atoms with E-state index in [1.165, 1.54) is 83.5 Å². The molecular weight excluding hydrogens is 424 g/mol. The Kier molecular flexibility index (Phi) is 24.1. The molecule has 0 rings (SSSR count). The van der Waals surface area contributed by atoms with Crippen LogP contribution in [0.15, 0.2) is 25.3 Å². The summed E-state index contributed by atoms with van der Waals surface area (Å²) in [5, 5.41) is 0. The van der Waals surface area contributed by atoms with Crippen molar-refractivity contribution in [2.75, 3.05) is 33.0 Å². The lowest BCUT2D eigenvalue weighted by molar-refractivity contribution is -0.151. The van der Waals surface area contributed by atoms with E-state index < -0.39 is 0 Å². The Morgan fingerprint density at radius 2 is 1.06 bits per heavy atom. The second-order valence-corrected chi connectivity index (χ2v) is 9.82. The van der Waals surface area contributed by atoms with Crippen molar-refractivity contribution in [1.29, 1.82) is 0 Å². The van der Waals surface area contributed by atoms with Crippen LogP contribution in [0.5, 0.6) is 0 Å². The highest BCUT2D eigenvalue weighted by Gasteiger charge is 2.31. The fourth-order valence-electron chi connectivity index (χ4n) is 4.10. The van der Waals surface area contributed by atoms with Crippen LogP contribution in [0.3, 0.4) is 0 Å². The molecule has 0 aromatic heterocycles. The molecular formula is C30H56O4. The van der Waals surface area contributed by atoms with Crippen LogP contribution in [0.2, 0.25) is 0 Å². The van der Waals surface area contributed by atoms with E-state index >= 15 is 0 Å². The van der Waals surface area contributed by atoms with Gasteiger partial charge in [-0.25, -0.2) is 0 Å². The number of carbonyl (C=O) groups excluding carboxylic acids is 1. The van der Waals surface area contributed by atoms with Gasteiger partial charge in [-0.1, -0.05) is 116 Å². The lowest BCUT2D eigenvalue weighted by atomic mass is 9.88. The van der Waals surface area contributed by atoms with Gasteiger partial charge in [-0.05, 0) is 12.8 Å². The topological polar surface area (TPSA) is 44.8 Å². The fraction of sp³-hybridized carbons (Fsp3) is 0.833. The SMILES string of the molecule is C=CCOCC(CC)(COCC=C)COC(=O)CCCCCCCCCCCCCCCCC. The Hall–Kier alpha value is -1.13. The second kappa shape index (κ2) is 25.0. The van der Waals surface area contributed by atoms with Gasteiger partial charge in [0.25, 0.3) is 0 Å². The zero-order valence-corrected chi connectivity index (χ0v) is 22.8. The summed E-state index contributed by atoms with van der Waals surface area (Å²) in [6.45, 7) is 14.0. The van der Waals surface area contributed by atoms with Crippen LogP contribution in [0.4, 0.5) is 0 Å². The number of ether oxygens (including phenoxy) is 3. The highest BCUT2D eigenvalue weighted by atomic mass is 16.5. The maximum Gasteiger partial charge on any atom is 0.305 e. The monoisotopic (exact) mass is 480 g/mol. The van der Waals surface area contributed by atoms with E-state index in [4.69, 9.17) is 14.2 Å². The van der Waals surface area contributed by atoms with Gasteiger partial charge in [0.05, 0.1) is 31.8 Å². The molecule has 0 saturated heterocycles. The summed E-state index contributed by atoms with van der Waals surface area (Å²) in [7, 11) is 0. The number of carbonyl (C=O) groups is 1. The van der Waals surface area contributed by atoms with Crippen LogP contribution >= 0.6 is 0 Å². The van der Waals surface area contributed by atoms with Gasteiger partial charge in [0, 0.05) is 6.42 Å². The predicted molar refractivity (Wildman–Crippen MR) is 145 cm³/mol. The van der Waals surface area contributed by atoms with Crippen molar-refractivity contribution < 1.29 is 19.0 Å². The largest absolute Gasteiger partial charge is 0.465 e. The molecule has 0 saturated carbocycles. The number of esters is 1. The zero-order valence-electron chi connectivity index (χ0n) is 22.8. The van der Waals surface area contributed by atoms with Gasteiger partial charge in [-0.2, -0.15) is 0 Å². The maximum absolute atomic E-state index is 12.3. The zero-order chi connectivity index (χ0) is 25.2. The van der Waals surface area contributed by atoms with Crippen molar-refractivity contribution in [3.05, 3.63) is 25.3 Å². The van der Waals surface area contributed by atoms with E-state index in [9.17, 15) is 4.79 Å². The van der Waals surface area contributed by atoms with E-state index in [-0.39, 0.29) is 11.4 Å². The fourth-order valence-corrected chi connectivity index (χ4v) is 4.10. The van der Waals surface area contributed by atoms with Gasteiger partial charge in [0.1, 0.15) is 6.61 Å². The van der Waals surface area contributed by atoms with Crippen molar-refractivity contribution in [3.63, 3.8) is 0 Å². The molecule has 0 unspecified atom stereocenters. The molecule has 34 heavy (non-hydrogen) atoms. The van der Waals surface area contributed by atoms with E-state index in [0.29, 0.717) is 39.5 Å². The first-order valence-corrected chi connectivity index (χ1v) is 14.2. The molecule has 4 heteroatoms. The lowest BCUT2D eigenvalue weighted by Gasteiger charge is -2.31. The molecule has 0 heterocycles. The Morgan fingerprint density at radius 1 is 0.647 bits per heavy atom. The Morgan fingerprint density at radius 3 is 1.44 bits per heavy atom. The summed E-state index contributed by atoms with van der Waals surface area (Å²) < 4.78 is 17.0. The minimum absolute atomic E-state index is 0.111. The third kappa shape index (κ3) is 20.3. The molecule has 0 N–H and O–H groups in total. The van der Waals surface area contributed by atoms with Crippen LogP contribution in [-0.2, 0) is 19.0 Å². The molecule has 0 bridgehead atoms. The standard InChI is InChI=1S/C30H56O4/c1-5-9-10-11-12-13-14-15-16-17-18-19-20-21-22-23-29(31)34-28-30(8-4,26-32-24-6-2)27-33-25-7-3/h6-7H,2-3,5,8-28H2,1,4H3. The molecule has 0 aliphatic carbocycles. The summed E-state index contributed by atoms with van der Waals surface area (Å²) >= 11 is 0. The molecule has 0 atom stereocenters. The van der Waals surface area contributed by atoms with Gasteiger partial charge < -0.3 is 14.2 Å². The molecule has 0 spiro atoms. The normalized spacial score (nSPS) is 11.5. The van der Waals surface area contributed by atoms with E-state index in [1.807, 2.05) is 0 Å². The van der Waals surface area contributed by atoms with Crippen LogP contribution in [0, 0.1) is 5.41 Å². The van der Waals surface area contributed by atoms with Gasteiger partial charge in [-0.15, -0.1) is 13.2 Å². The van der Waals surface area contributed by atoms with Gasteiger partial charge in [-0.3, -0.25) is 4.79 Å². The summed E-state index contributed by atoms with van der Waals surface area (Å²) in [6, 6.07) is 0. The second-order valence-electron chi connectivity index (χ2n) is 9.82. The Labute approximate surface area is 211 Å². The smallest absolute Gasteiger partial charge is 0.305 e. The quantitative estimate of drug-likeness (QED) is 0.0670. The first-order chi connectivity index (χ1) is 16.6. The molecule has 0 aliphatic rings. The first kappa shape index (κ1) is 32.9. The summed E-state index contributed by atoms with van der Waals surface area (Å²) in [6.07, 6.45) is 24.6. The molecule has 0 fully saturated rings. The molecule has 200 valence electrons. The van der Waals surface area contributed by atoms with Gasteiger partial charge in [0.2, 0.25) is 0 Å². The molecule has 0 aliphatic heterocycles. The van der Waals surface area contributed by atoms with E-state index in [2.05, 4.69) is 27.0 Å². The van der Waals surface area contributed by atoms with Crippen molar-refractivity contribution >= 4 is 5.97 Å². The van der Waals surface area contributed by atoms with Crippen LogP contribution in [-0.4, -0.2) is 39.0 Å². The maximum atomic E-state index is 12.3. The summed E-state index contributed by atoms with van der Waals surface area (Å²) in [5.74, 6) is -0.111. The minimum atomic E-state index is -0.323. The molecule has 0 radical (unpaired) electrons. The highest BCUT2D eigenvalue weighted by Crippen LogP contribution is 2.24. The van der Waals surface area contributed by atoms with Gasteiger partial charge in [0.15, 0.2) is 0 Å². The predicted octanol–water partition coefficient (Wildman–Crippen LogP) is 8.59. The van der Waals surface area contributed by atoms with Gasteiger partial charge >= 0.3 is 5.97 Å². The molecule has 4 nitrogen and oxygen atoms in total. The van der Waals surface area contributed by atoms with Crippen LogP contribution < -0.4 is 0 Å². The average Bonchev–Trinajstić information content (AvgIpc) is 2.85. The summed E-state index contributed by atoms with van der Waals surface area (Å²) in [5.41, 5.74) is -0.323. The number of unbranched alkanes of at least 4 members (excludes halogenated alkanes) is 14. The third-order valence-electron chi connectivity index (χ3n) is 6.56. The third-order valence-corrected chi connectivity index (χ3v) is 6.56. The van der Waals surface area contributed by atoms with Crippen molar-refractivity contribution in [2.45, 2.75) is 123 Å². The number of rotatable bonds is 27. The minimum Gasteiger partial charge on any atom is -0.465 e. The van der Waals surface area contributed by atoms with E-state index in [1.54, 1.807) is 12.2 Å². The van der Waals surface area contributed by atoms with Crippen LogP contribution in [0.1, 0.15) is 123 Å². The van der Waals surface area contributed by atoms with Crippen molar-refractivity contribution in [1.82, 2.24) is 0 Å². The Balaban J connectivity index is 3.77. The Bertz CT molecular complexity index is 460. The van der Waals surface area contributed by atoms with Crippen LogP contribution in [0.25, 0.3) is 0 Å². The molecule has 0 amide bonds. The number of hydrogen-bond acceptors (Lipinski definition) is 4. The molecule has 0 aromatic rings. The van der Waals surface area contributed by atoms with Crippen molar-refractivity contribution in [3.8, 4) is 0 Å². The van der Waals surface area contributed by atoms with E-state index in [0.717, 1.165) is 19.3 Å². The highest BCUT2D eigenvalue weighted by molar-refractivity contribution is 5.69. The molecule has 0 aromatic carbocycles. The number of hydrogen-bond donors (Lipinski definition) is 0. The lowest BCUT2D eigenvalue weighted by Crippen LogP contribution is -2.37. The summed E-state index contributed by atoms with van der Waals surface area (Å²) in [4.78, 5) is 12.3. The first-order valence-electron chi connectivity index (χ1n) is 14.2. The average molecular weight is 481 g/mol.